The number of fused-ring (bicyclic) bond motifs is 2. The first-order chi connectivity index (χ1) is 25.6. The predicted molar refractivity (Wildman–Crippen MR) is 194 cm³/mol. The summed E-state index contributed by atoms with van der Waals surface area (Å²) in [4.78, 5) is 68.1. The van der Waals surface area contributed by atoms with Crippen molar-refractivity contribution < 1.29 is 51.7 Å². The average Bonchev–Trinajstić information content (AvgIpc) is 3.89. The van der Waals surface area contributed by atoms with Gasteiger partial charge in [-0.05, 0) is 74.0 Å². The van der Waals surface area contributed by atoms with Crippen molar-refractivity contribution in [2.24, 2.45) is 11.3 Å². The van der Waals surface area contributed by atoms with Gasteiger partial charge in [-0.3, -0.25) is 24.0 Å². The van der Waals surface area contributed by atoms with Crippen LogP contribution in [0.25, 0.3) is 0 Å². The molecule has 2 aliphatic carbocycles. The Labute approximate surface area is 315 Å². The van der Waals surface area contributed by atoms with Crippen molar-refractivity contribution in [2.75, 3.05) is 19.9 Å². The molecule has 4 atom stereocenters. The van der Waals surface area contributed by atoms with Crippen LogP contribution in [-0.2, 0) is 48.7 Å². The lowest BCUT2D eigenvalue weighted by Gasteiger charge is -2.35. The van der Waals surface area contributed by atoms with Crippen LogP contribution in [0.2, 0.25) is 0 Å². The van der Waals surface area contributed by atoms with Gasteiger partial charge in [0, 0.05) is 24.6 Å². The first-order valence-corrected chi connectivity index (χ1v) is 20.3. The molecule has 5 aliphatic rings. The van der Waals surface area contributed by atoms with E-state index in [1.807, 2.05) is 6.07 Å². The Balaban J connectivity index is 0.974. The number of likely N-dealkylation sites (tertiary alicyclic amines) is 1. The molecule has 3 aliphatic heterocycles. The molecular weight excluding hydrogens is 722 g/mol. The number of hydrogen-bond acceptors (Lipinski definition) is 10. The Hall–Kier alpha value is -4.54. The highest BCUT2D eigenvalue weighted by atomic mass is 32.2. The number of nitrogens with zero attached hydrogens (tertiary/aromatic N) is 2. The molecule has 4 N–H and O–H groups in total. The highest BCUT2D eigenvalue weighted by Gasteiger charge is 2.61. The molecule has 1 unspecified atom stereocenters. The summed E-state index contributed by atoms with van der Waals surface area (Å²) in [5.74, 6) is -0.959. The number of alkyl carbamates (subject to hydrolysis) is 1. The molecule has 3 heterocycles. The first-order valence-electron chi connectivity index (χ1n) is 18.7. The van der Waals surface area contributed by atoms with Crippen LogP contribution in [0.5, 0.6) is 11.5 Å². The van der Waals surface area contributed by atoms with Crippen molar-refractivity contribution >= 4 is 39.9 Å². The van der Waals surface area contributed by atoms with Gasteiger partial charge in [0.1, 0.15) is 17.6 Å². The highest BCUT2D eigenvalue weighted by Crippen LogP contribution is 2.46. The van der Waals surface area contributed by atoms with E-state index in [1.54, 1.807) is 20.8 Å². The van der Waals surface area contributed by atoms with Crippen LogP contribution in [0.1, 0.15) is 95.2 Å². The number of benzene rings is 1. The third-order valence-electron chi connectivity index (χ3n) is 11.0. The fourth-order valence-electron chi connectivity index (χ4n) is 7.62. The number of nitrogens with one attached hydrogen (secondary N) is 3. The second-order valence-electron chi connectivity index (χ2n) is 16.0. The molecule has 17 heteroatoms. The molecule has 296 valence electrons. The first kappa shape index (κ1) is 39.2. The normalized spacial score (nSPS) is 23.3. The Bertz CT molecular complexity index is 1810. The highest BCUT2D eigenvalue weighted by molar-refractivity contribution is 7.91. The molecular formula is C37H51N5O11S. The molecule has 1 saturated heterocycles. The molecule has 2 saturated carbocycles. The summed E-state index contributed by atoms with van der Waals surface area (Å²) in [7, 11) is -3.84. The zero-order chi connectivity index (χ0) is 39.0. The molecule has 0 aromatic heterocycles. The van der Waals surface area contributed by atoms with Gasteiger partial charge in [0.15, 0.2) is 11.5 Å². The molecule has 1 aromatic carbocycles. The van der Waals surface area contributed by atoms with Gasteiger partial charge in [-0.15, -0.1) is 6.58 Å². The SMILES string of the molecule is C=C[C@H]1C[C@@]1(NC(=O)C1CCCN1C(=O)[C@@H](NC(=O)OCCCCCCc1c2c(cc3c1OCO3)CN(C(=O)O)C2)C(C)(C)C)C(=O)NS(=O)(=O)C1CC1. The lowest BCUT2D eigenvalue weighted by molar-refractivity contribution is -0.142. The number of amides is 5. The monoisotopic (exact) mass is 773 g/mol. The Morgan fingerprint density at radius 3 is 2.50 bits per heavy atom. The van der Waals surface area contributed by atoms with Crippen molar-refractivity contribution in [1.29, 1.82) is 0 Å². The van der Waals surface area contributed by atoms with Crippen LogP contribution < -0.4 is 24.8 Å². The average molecular weight is 774 g/mol. The Morgan fingerprint density at radius 2 is 1.83 bits per heavy atom. The number of carboxylic acid groups (broad SMARTS) is 1. The van der Waals surface area contributed by atoms with Gasteiger partial charge in [0.25, 0.3) is 5.91 Å². The van der Waals surface area contributed by atoms with Gasteiger partial charge < -0.3 is 34.9 Å². The second kappa shape index (κ2) is 15.3. The molecule has 5 amide bonds. The minimum Gasteiger partial charge on any atom is -0.465 e. The van der Waals surface area contributed by atoms with Crippen LogP contribution >= 0.6 is 0 Å². The van der Waals surface area contributed by atoms with E-state index in [9.17, 15) is 37.5 Å². The van der Waals surface area contributed by atoms with Gasteiger partial charge in [0.2, 0.25) is 28.6 Å². The van der Waals surface area contributed by atoms with Gasteiger partial charge >= 0.3 is 12.2 Å². The summed E-state index contributed by atoms with van der Waals surface area (Å²) in [6.45, 7) is 10.3. The fourth-order valence-corrected chi connectivity index (χ4v) is 8.98. The predicted octanol–water partition coefficient (Wildman–Crippen LogP) is 3.31. The van der Waals surface area contributed by atoms with E-state index < -0.39 is 74.1 Å². The number of rotatable bonds is 15. The van der Waals surface area contributed by atoms with E-state index in [2.05, 4.69) is 21.9 Å². The van der Waals surface area contributed by atoms with Crippen molar-refractivity contribution in [3.63, 3.8) is 0 Å². The standard InChI is InChI=1S/C37H51N5O11S/c1-5-23-18-37(23,33(45)40-54(49,50)24-13-14-24)39-31(43)27-12-10-15-42(27)32(44)30(36(2,3)4)38-34(46)51-16-9-7-6-8-11-25-26-20-41(35(47)48)19-22(26)17-28-29(25)53-21-52-28/h5,17,23-24,27,30H,1,6-16,18-21H2,2-4H3,(H,38,46)(H,39,43)(H,40,45)(H,47,48)/t23-,27?,30+,37-/m0/s1. The maximum absolute atomic E-state index is 14.0. The van der Waals surface area contributed by atoms with Gasteiger partial charge in [0.05, 0.1) is 18.4 Å². The summed E-state index contributed by atoms with van der Waals surface area (Å²) in [6.07, 6.45) is 5.52. The van der Waals surface area contributed by atoms with Gasteiger partial charge in [-0.2, -0.15) is 0 Å². The fraction of sp³-hybridized carbons (Fsp3) is 0.649. The van der Waals surface area contributed by atoms with E-state index in [1.165, 1.54) is 15.9 Å². The van der Waals surface area contributed by atoms with E-state index >= 15 is 0 Å². The zero-order valence-corrected chi connectivity index (χ0v) is 31.9. The molecule has 0 bridgehead atoms. The van der Waals surface area contributed by atoms with Crippen molar-refractivity contribution in [2.45, 2.75) is 121 Å². The van der Waals surface area contributed by atoms with E-state index in [-0.39, 0.29) is 26.4 Å². The van der Waals surface area contributed by atoms with Crippen molar-refractivity contribution in [3.05, 3.63) is 35.4 Å². The summed E-state index contributed by atoms with van der Waals surface area (Å²) >= 11 is 0. The lowest BCUT2D eigenvalue weighted by atomic mass is 9.85. The minimum atomic E-state index is -3.84. The smallest absolute Gasteiger partial charge is 0.407 e. The molecule has 54 heavy (non-hydrogen) atoms. The van der Waals surface area contributed by atoms with Crippen LogP contribution in [0.15, 0.2) is 18.7 Å². The minimum absolute atomic E-state index is 0.135. The summed E-state index contributed by atoms with van der Waals surface area (Å²) in [5.41, 5.74) is 0.688. The molecule has 0 spiro atoms. The molecule has 1 aromatic rings. The van der Waals surface area contributed by atoms with Crippen LogP contribution in [-0.4, -0.2) is 96.0 Å². The summed E-state index contributed by atoms with van der Waals surface area (Å²) < 4.78 is 43.9. The van der Waals surface area contributed by atoms with E-state index in [0.717, 1.165) is 36.0 Å². The second-order valence-corrected chi connectivity index (χ2v) is 17.9. The summed E-state index contributed by atoms with van der Waals surface area (Å²) in [5, 5.41) is 14.3. The Kier molecular flexibility index (Phi) is 11.1. The largest absolute Gasteiger partial charge is 0.465 e. The molecule has 6 rings (SSSR count). The molecule has 16 nitrogen and oxygen atoms in total. The molecule has 0 radical (unpaired) electrons. The van der Waals surface area contributed by atoms with Crippen LogP contribution in [0.4, 0.5) is 9.59 Å². The van der Waals surface area contributed by atoms with Crippen molar-refractivity contribution in [1.82, 2.24) is 25.2 Å². The Morgan fingerprint density at radius 1 is 1.09 bits per heavy atom. The lowest BCUT2D eigenvalue weighted by Crippen LogP contribution is -2.60. The number of hydrogen-bond donors (Lipinski definition) is 4. The number of unbranched alkanes of at least 4 members (excludes halogenated alkanes) is 3. The maximum Gasteiger partial charge on any atom is 0.407 e. The van der Waals surface area contributed by atoms with Crippen molar-refractivity contribution in [3.8, 4) is 11.5 Å². The third kappa shape index (κ3) is 8.25. The number of carbonyl (C=O) groups is 5. The summed E-state index contributed by atoms with van der Waals surface area (Å²) in [6, 6.07) is -0.0638. The number of ether oxygens (including phenoxy) is 3. The maximum atomic E-state index is 14.0. The van der Waals surface area contributed by atoms with Crippen LogP contribution in [0.3, 0.4) is 0 Å². The third-order valence-corrected chi connectivity index (χ3v) is 12.8. The van der Waals surface area contributed by atoms with Gasteiger partial charge in [-0.1, -0.05) is 39.7 Å². The van der Waals surface area contributed by atoms with Crippen LogP contribution in [0, 0.1) is 11.3 Å². The molecule has 3 fully saturated rings. The van der Waals surface area contributed by atoms with E-state index in [4.69, 9.17) is 14.2 Å². The van der Waals surface area contributed by atoms with E-state index in [0.29, 0.717) is 63.1 Å². The number of carbonyl (C=O) groups excluding carboxylic acids is 4. The zero-order valence-electron chi connectivity index (χ0n) is 31.1. The van der Waals surface area contributed by atoms with Gasteiger partial charge in [-0.25, -0.2) is 18.0 Å². The number of sulfonamides is 1. The quantitative estimate of drug-likeness (QED) is 0.150. The topological polar surface area (TPSA) is 210 Å².